The molecule has 0 aromatic heterocycles. The minimum Gasteiger partial charge on any atom is -0.464 e. The molecule has 2 unspecified atom stereocenters. The highest BCUT2D eigenvalue weighted by Crippen LogP contribution is 2.15. The van der Waals surface area contributed by atoms with Crippen molar-refractivity contribution in [1.82, 2.24) is 9.80 Å². The first-order chi connectivity index (χ1) is 16.4. The normalized spacial score (nSPS) is 13.1. The monoisotopic (exact) mass is 498 g/mol. The van der Waals surface area contributed by atoms with Gasteiger partial charge in [0, 0.05) is 14.1 Å². The van der Waals surface area contributed by atoms with Crippen molar-refractivity contribution in [1.29, 1.82) is 0 Å². The summed E-state index contributed by atoms with van der Waals surface area (Å²) in [5.41, 5.74) is -0.160. The van der Waals surface area contributed by atoms with E-state index in [9.17, 15) is 14.4 Å². The number of rotatable bonds is 18. The van der Waals surface area contributed by atoms with Gasteiger partial charge in [0.15, 0.2) is 0 Å². The van der Waals surface area contributed by atoms with E-state index in [1.54, 1.807) is 20.9 Å². The van der Waals surface area contributed by atoms with E-state index in [4.69, 9.17) is 9.47 Å². The lowest BCUT2D eigenvalue weighted by atomic mass is 9.99. The molecule has 0 spiro atoms. The van der Waals surface area contributed by atoms with Crippen molar-refractivity contribution in [2.45, 2.75) is 131 Å². The summed E-state index contributed by atoms with van der Waals surface area (Å²) < 4.78 is 10.7. The third-order valence-electron chi connectivity index (χ3n) is 6.37. The van der Waals surface area contributed by atoms with Gasteiger partial charge in [-0.1, -0.05) is 98.3 Å². The van der Waals surface area contributed by atoms with E-state index in [1.807, 2.05) is 20.8 Å². The second-order valence-electron chi connectivity index (χ2n) is 11.1. The van der Waals surface area contributed by atoms with Crippen LogP contribution < -0.4 is 0 Å². The Balaban J connectivity index is 4.09. The predicted octanol–water partition coefficient (Wildman–Crippen LogP) is 6.58. The van der Waals surface area contributed by atoms with Gasteiger partial charge in [0.25, 0.3) is 0 Å². The predicted molar refractivity (Wildman–Crippen MR) is 142 cm³/mol. The molecule has 0 fully saturated rings. The second-order valence-corrected chi connectivity index (χ2v) is 11.1. The molecule has 0 aliphatic carbocycles. The average molecular weight is 499 g/mol. The quantitative estimate of drug-likeness (QED) is 0.158. The summed E-state index contributed by atoms with van der Waals surface area (Å²) in [5, 5.41) is 0. The largest absolute Gasteiger partial charge is 0.464 e. The van der Waals surface area contributed by atoms with Crippen LogP contribution >= 0.6 is 0 Å². The molecule has 0 aliphatic rings. The molecule has 35 heavy (non-hydrogen) atoms. The lowest BCUT2D eigenvalue weighted by Crippen LogP contribution is -2.51. The molecule has 0 aliphatic heterocycles. The Morgan fingerprint density at radius 1 is 0.686 bits per heavy atom. The number of unbranched alkanes of at least 4 members (excludes halogenated alkanes) is 11. The maximum atomic E-state index is 12.8. The molecule has 0 bridgehead atoms. The number of amides is 2. The number of hydrogen-bond donors (Lipinski definition) is 0. The van der Waals surface area contributed by atoms with Gasteiger partial charge in [-0.15, -0.1) is 0 Å². The summed E-state index contributed by atoms with van der Waals surface area (Å²) in [7, 11) is 3.08. The first-order valence-electron chi connectivity index (χ1n) is 13.7. The van der Waals surface area contributed by atoms with Gasteiger partial charge in [0.1, 0.15) is 12.1 Å². The van der Waals surface area contributed by atoms with E-state index in [0.717, 1.165) is 19.3 Å². The van der Waals surface area contributed by atoms with Crippen molar-refractivity contribution in [2.75, 3.05) is 27.3 Å². The summed E-state index contributed by atoms with van der Waals surface area (Å²) >= 11 is 0. The molecule has 0 saturated heterocycles. The fourth-order valence-electron chi connectivity index (χ4n) is 3.58. The van der Waals surface area contributed by atoms with Gasteiger partial charge in [0.05, 0.1) is 13.2 Å². The Labute approximate surface area is 215 Å². The first kappa shape index (κ1) is 33.2. The van der Waals surface area contributed by atoms with Gasteiger partial charge in [-0.05, 0) is 25.7 Å². The summed E-state index contributed by atoms with van der Waals surface area (Å²) in [6, 6.07) is -1.47. The first-order valence-corrected chi connectivity index (χ1v) is 13.7. The summed E-state index contributed by atoms with van der Waals surface area (Å²) in [5.74, 6) is -0.760. The molecular weight excluding hydrogens is 444 g/mol. The van der Waals surface area contributed by atoms with Gasteiger partial charge in [-0.3, -0.25) is 9.69 Å². The highest BCUT2D eigenvalue weighted by atomic mass is 16.6. The third kappa shape index (κ3) is 15.7. The van der Waals surface area contributed by atoms with Crippen molar-refractivity contribution in [3.63, 3.8) is 0 Å². The lowest BCUT2D eigenvalue weighted by molar-refractivity contribution is -0.154. The van der Waals surface area contributed by atoms with E-state index in [-0.39, 0.29) is 17.9 Å². The van der Waals surface area contributed by atoms with Gasteiger partial charge < -0.3 is 14.4 Å². The number of carbonyl (C=O) groups is 3. The summed E-state index contributed by atoms with van der Waals surface area (Å²) in [4.78, 5) is 40.0. The van der Waals surface area contributed by atoms with Crippen LogP contribution in [-0.4, -0.2) is 67.2 Å². The molecule has 0 N–H and O–H groups in total. The fourth-order valence-corrected chi connectivity index (χ4v) is 3.58. The minimum absolute atomic E-state index is 0.160. The molecule has 0 heterocycles. The Hall–Kier alpha value is -1.79. The van der Waals surface area contributed by atoms with E-state index < -0.39 is 24.1 Å². The van der Waals surface area contributed by atoms with Crippen LogP contribution in [-0.2, 0) is 19.1 Å². The number of esters is 1. The van der Waals surface area contributed by atoms with Crippen molar-refractivity contribution >= 4 is 18.0 Å². The second kappa shape index (κ2) is 18.5. The molecule has 7 nitrogen and oxygen atoms in total. The van der Waals surface area contributed by atoms with Crippen LogP contribution in [0.15, 0.2) is 0 Å². The Kier molecular flexibility index (Phi) is 17.5. The molecule has 206 valence electrons. The van der Waals surface area contributed by atoms with Crippen molar-refractivity contribution in [3.8, 4) is 0 Å². The maximum Gasteiger partial charge on any atom is 0.410 e. The molecule has 2 atom stereocenters. The zero-order valence-corrected chi connectivity index (χ0v) is 24.0. The van der Waals surface area contributed by atoms with E-state index in [2.05, 4.69) is 6.92 Å². The van der Waals surface area contributed by atoms with Crippen molar-refractivity contribution in [2.24, 2.45) is 5.41 Å². The van der Waals surface area contributed by atoms with Crippen LogP contribution in [0.5, 0.6) is 0 Å². The molecule has 0 rings (SSSR count). The van der Waals surface area contributed by atoms with Crippen LogP contribution in [0, 0.1) is 5.41 Å². The molecular formula is C28H54N2O5. The van der Waals surface area contributed by atoms with Crippen LogP contribution in [0.4, 0.5) is 4.79 Å². The average Bonchev–Trinajstić information content (AvgIpc) is 2.82. The SMILES string of the molecule is CCCCCCCCCCCCCCOC(=O)C(C)N(C)C(=O)C(C)N(C)C(=O)OCC(C)(C)C. The van der Waals surface area contributed by atoms with Crippen molar-refractivity contribution < 1.29 is 23.9 Å². The molecule has 0 aromatic carbocycles. The topological polar surface area (TPSA) is 76.2 Å². The Morgan fingerprint density at radius 2 is 1.14 bits per heavy atom. The van der Waals surface area contributed by atoms with Crippen LogP contribution in [0.3, 0.4) is 0 Å². The number of carbonyl (C=O) groups excluding carboxylic acids is 3. The van der Waals surface area contributed by atoms with Crippen LogP contribution in [0.1, 0.15) is 119 Å². The molecule has 7 heteroatoms. The van der Waals surface area contributed by atoms with E-state index >= 15 is 0 Å². The smallest absolute Gasteiger partial charge is 0.410 e. The highest BCUT2D eigenvalue weighted by Gasteiger charge is 2.31. The van der Waals surface area contributed by atoms with Crippen molar-refractivity contribution in [3.05, 3.63) is 0 Å². The molecule has 0 radical (unpaired) electrons. The number of likely N-dealkylation sites (N-methyl/N-ethyl adjacent to an activating group) is 2. The highest BCUT2D eigenvalue weighted by molar-refractivity contribution is 5.89. The van der Waals surface area contributed by atoms with Gasteiger partial charge in [-0.2, -0.15) is 0 Å². The number of ether oxygens (including phenoxy) is 2. The van der Waals surface area contributed by atoms with Crippen LogP contribution in [0.25, 0.3) is 0 Å². The summed E-state index contributed by atoms with van der Waals surface area (Å²) in [6.45, 7) is 12.0. The van der Waals surface area contributed by atoms with Gasteiger partial charge >= 0.3 is 12.1 Å². The molecule has 0 aromatic rings. The zero-order chi connectivity index (χ0) is 26.9. The summed E-state index contributed by atoms with van der Waals surface area (Å²) in [6.07, 6.45) is 14.5. The Bertz CT molecular complexity index is 603. The lowest BCUT2D eigenvalue weighted by Gasteiger charge is -2.31. The number of hydrogen-bond acceptors (Lipinski definition) is 5. The van der Waals surface area contributed by atoms with Gasteiger partial charge in [0.2, 0.25) is 5.91 Å². The van der Waals surface area contributed by atoms with Crippen LogP contribution in [0.2, 0.25) is 0 Å². The number of nitrogens with zero attached hydrogens (tertiary/aromatic N) is 2. The zero-order valence-electron chi connectivity index (χ0n) is 24.0. The Morgan fingerprint density at radius 3 is 1.60 bits per heavy atom. The van der Waals surface area contributed by atoms with E-state index in [1.165, 1.54) is 74.6 Å². The maximum absolute atomic E-state index is 12.8. The molecule has 0 saturated carbocycles. The minimum atomic E-state index is -0.751. The standard InChI is InChI=1S/C28H54N2O5/c1-9-10-11-12-13-14-15-16-17-18-19-20-21-34-26(32)24(3)29(7)25(31)23(2)30(8)27(33)35-22-28(4,5)6/h23-24H,9-22H2,1-8H3. The third-order valence-corrected chi connectivity index (χ3v) is 6.37. The fraction of sp³-hybridized carbons (Fsp3) is 0.893. The van der Waals surface area contributed by atoms with Gasteiger partial charge in [-0.25, -0.2) is 9.59 Å². The van der Waals surface area contributed by atoms with E-state index in [0.29, 0.717) is 6.61 Å². The molecule has 2 amide bonds.